The number of tetrazole rings is 1. The number of carbonyl (C=O) groups is 1. The van der Waals surface area contributed by atoms with E-state index in [1.54, 1.807) is 12.1 Å². The third-order valence-corrected chi connectivity index (χ3v) is 4.60. The normalized spacial score (nSPS) is 13.4. The highest BCUT2D eigenvalue weighted by atomic mass is 16.2. The van der Waals surface area contributed by atoms with Gasteiger partial charge in [-0.3, -0.25) is 4.79 Å². The van der Waals surface area contributed by atoms with Crippen LogP contribution in [0.3, 0.4) is 0 Å². The molecule has 6 heteroatoms. The molecule has 4 rings (SSSR count). The molecule has 0 spiro atoms. The Hall–Kier alpha value is -3.02. The van der Waals surface area contributed by atoms with Gasteiger partial charge < -0.3 is 0 Å². The number of ketones is 1. The van der Waals surface area contributed by atoms with Gasteiger partial charge in [0.1, 0.15) is 6.54 Å². The lowest BCUT2D eigenvalue weighted by Crippen LogP contribution is -2.27. The first-order chi connectivity index (χ1) is 12.2. The second-order valence-electron chi connectivity index (χ2n) is 6.28. The number of hydrogen-bond acceptors (Lipinski definition) is 4. The Kier molecular flexibility index (Phi) is 4.01. The number of hydrogen-bond donors (Lipinski definition) is 0. The molecule has 25 heavy (non-hydrogen) atoms. The second kappa shape index (κ2) is 6.47. The van der Waals surface area contributed by atoms with E-state index in [1.807, 2.05) is 36.4 Å². The van der Waals surface area contributed by atoms with Crippen LogP contribution in [0.1, 0.15) is 34.3 Å². The summed E-state index contributed by atoms with van der Waals surface area (Å²) in [7, 11) is 0. The van der Waals surface area contributed by atoms with E-state index in [-0.39, 0.29) is 12.3 Å². The predicted octanol–water partition coefficient (Wildman–Crippen LogP) is 2.19. The number of carbonyl (C=O) groups excluding carboxylic acids is 1. The van der Waals surface area contributed by atoms with Gasteiger partial charge in [0.25, 0.3) is 0 Å². The zero-order valence-electron chi connectivity index (χ0n) is 13.8. The lowest BCUT2D eigenvalue weighted by atomic mass is 9.90. The molecule has 1 aromatic heterocycles. The summed E-state index contributed by atoms with van der Waals surface area (Å²) in [5.41, 5.74) is 3.41. The number of aryl methyl sites for hydroxylation is 2. The summed E-state index contributed by atoms with van der Waals surface area (Å²) in [4.78, 5) is 25.0. The highest BCUT2D eigenvalue weighted by Crippen LogP contribution is 2.22. The number of para-hydroxylation sites is 1. The van der Waals surface area contributed by atoms with Gasteiger partial charge in [0.15, 0.2) is 5.78 Å². The van der Waals surface area contributed by atoms with Gasteiger partial charge in [-0.05, 0) is 65.4 Å². The fourth-order valence-electron chi connectivity index (χ4n) is 3.24. The van der Waals surface area contributed by atoms with Crippen molar-refractivity contribution in [2.24, 2.45) is 0 Å². The molecule has 0 bridgehead atoms. The Balaban J connectivity index is 1.58. The molecule has 0 aliphatic heterocycles. The molecule has 0 N–H and O–H groups in total. The fraction of sp³-hybridized carbons (Fsp3) is 0.263. The molecule has 0 saturated heterocycles. The highest BCUT2D eigenvalue weighted by molar-refractivity contribution is 5.96. The molecule has 0 fully saturated rings. The standard InChI is InChI=1S/C19H18N4O2/c24-18(16-11-10-14-6-4-5-7-15(14)12-16)13-22-19(25)23(21-20-22)17-8-2-1-3-9-17/h1-3,8-12H,4-7,13H2. The summed E-state index contributed by atoms with van der Waals surface area (Å²) in [6.45, 7) is -0.107. The molecule has 0 saturated carbocycles. The van der Waals surface area contributed by atoms with E-state index < -0.39 is 5.69 Å². The molecular weight excluding hydrogens is 316 g/mol. The molecular formula is C19H18N4O2. The van der Waals surface area contributed by atoms with Crippen LogP contribution in [0.15, 0.2) is 53.3 Å². The predicted molar refractivity (Wildman–Crippen MR) is 93.0 cm³/mol. The van der Waals surface area contributed by atoms with Crippen molar-refractivity contribution < 1.29 is 4.79 Å². The Labute approximate surface area is 144 Å². The van der Waals surface area contributed by atoms with E-state index in [1.165, 1.54) is 22.2 Å². The van der Waals surface area contributed by atoms with Gasteiger partial charge in [0.2, 0.25) is 0 Å². The van der Waals surface area contributed by atoms with Crippen LogP contribution >= 0.6 is 0 Å². The number of nitrogens with zero attached hydrogens (tertiary/aromatic N) is 4. The molecule has 2 aromatic carbocycles. The molecule has 3 aromatic rings. The molecule has 6 nitrogen and oxygen atoms in total. The quantitative estimate of drug-likeness (QED) is 0.686. The van der Waals surface area contributed by atoms with Gasteiger partial charge >= 0.3 is 5.69 Å². The van der Waals surface area contributed by atoms with Crippen LogP contribution in [-0.2, 0) is 19.4 Å². The maximum atomic E-state index is 12.6. The number of Topliss-reactive ketones (excluding diaryl/α,β-unsaturated/α-hetero) is 1. The monoisotopic (exact) mass is 334 g/mol. The number of aromatic nitrogens is 4. The van der Waals surface area contributed by atoms with Crippen LogP contribution in [0, 0.1) is 0 Å². The summed E-state index contributed by atoms with van der Waals surface area (Å²) >= 11 is 0. The van der Waals surface area contributed by atoms with E-state index in [0.29, 0.717) is 11.3 Å². The van der Waals surface area contributed by atoms with Crippen molar-refractivity contribution in [2.45, 2.75) is 32.2 Å². The highest BCUT2D eigenvalue weighted by Gasteiger charge is 2.16. The average molecular weight is 334 g/mol. The summed E-state index contributed by atoms with van der Waals surface area (Å²) in [5, 5.41) is 7.71. The maximum Gasteiger partial charge on any atom is 0.368 e. The van der Waals surface area contributed by atoms with Crippen molar-refractivity contribution in [1.82, 2.24) is 19.8 Å². The first kappa shape index (κ1) is 15.5. The minimum Gasteiger partial charge on any atom is -0.292 e. The van der Waals surface area contributed by atoms with Crippen molar-refractivity contribution in [1.29, 1.82) is 0 Å². The van der Waals surface area contributed by atoms with Crippen molar-refractivity contribution in [2.75, 3.05) is 0 Å². The van der Waals surface area contributed by atoms with Crippen LogP contribution in [0.5, 0.6) is 0 Å². The largest absolute Gasteiger partial charge is 0.368 e. The smallest absolute Gasteiger partial charge is 0.292 e. The first-order valence-corrected chi connectivity index (χ1v) is 8.45. The molecule has 0 atom stereocenters. The SMILES string of the molecule is O=C(Cn1nnn(-c2ccccc2)c1=O)c1ccc2c(c1)CCCC2. The minimum atomic E-state index is -0.419. The lowest BCUT2D eigenvalue weighted by Gasteiger charge is -2.16. The third kappa shape index (κ3) is 3.03. The lowest BCUT2D eigenvalue weighted by molar-refractivity contribution is 0.0965. The van der Waals surface area contributed by atoms with Gasteiger partial charge in [-0.2, -0.15) is 9.36 Å². The molecule has 0 radical (unpaired) electrons. The molecule has 1 aliphatic rings. The molecule has 1 heterocycles. The summed E-state index contributed by atoms with van der Waals surface area (Å²) < 4.78 is 2.30. The number of rotatable bonds is 4. The van der Waals surface area contributed by atoms with Gasteiger partial charge in [-0.15, -0.1) is 0 Å². The number of fused-ring (bicyclic) bond motifs is 1. The van der Waals surface area contributed by atoms with Crippen molar-refractivity contribution in [3.8, 4) is 5.69 Å². The summed E-state index contributed by atoms with van der Waals surface area (Å²) in [6.07, 6.45) is 4.46. The Morgan fingerprint density at radius 3 is 2.52 bits per heavy atom. The van der Waals surface area contributed by atoms with Gasteiger partial charge in [-0.1, -0.05) is 30.3 Å². The van der Waals surface area contributed by atoms with Crippen LogP contribution in [0.4, 0.5) is 0 Å². The Morgan fingerprint density at radius 1 is 0.960 bits per heavy atom. The third-order valence-electron chi connectivity index (χ3n) is 4.60. The fourth-order valence-corrected chi connectivity index (χ4v) is 3.24. The van der Waals surface area contributed by atoms with E-state index in [4.69, 9.17) is 0 Å². The Morgan fingerprint density at radius 2 is 1.72 bits per heavy atom. The average Bonchev–Trinajstić information content (AvgIpc) is 3.02. The minimum absolute atomic E-state index is 0.107. The van der Waals surface area contributed by atoms with Gasteiger partial charge in [0.05, 0.1) is 5.69 Å². The summed E-state index contributed by atoms with van der Waals surface area (Å²) in [6, 6.07) is 14.9. The van der Waals surface area contributed by atoms with E-state index in [9.17, 15) is 9.59 Å². The van der Waals surface area contributed by atoms with Crippen molar-refractivity contribution in [3.05, 3.63) is 75.7 Å². The summed E-state index contributed by atoms with van der Waals surface area (Å²) in [5.74, 6) is -0.129. The number of benzene rings is 2. The second-order valence-corrected chi connectivity index (χ2v) is 6.28. The van der Waals surface area contributed by atoms with Gasteiger partial charge in [-0.25, -0.2) is 4.79 Å². The van der Waals surface area contributed by atoms with E-state index in [0.717, 1.165) is 23.9 Å². The molecule has 0 amide bonds. The molecule has 0 unspecified atom stereocenters. The molecule has 126 valence electrons. The van der Waals surface area contributed by atoms with Crippen LogP contribution in [-0.4, -0.2) is 25.6 Å². The topological polar surface area (TPSA) is 69.8 Å². The van der Waals surface area contributed by atoms with E-state index in [2.05, 4.69) is 10.4 Å². The van der Waals surface area contributed by atoms with Crippen LogP contribution in [0.25, 0.3) is 5.69 Å². The van der Waals surface area contributed by atoms with Crippen LogP contribution in [0.2, 0.25) is 0 Å². The zero-order valence-corrected chi connectivity index (χ0v) is 13.8. The molecule has 1 aliphatic carbocycles. The first-order valence-electron chi connectivity index (χ1n) is 8.45. The van der Waals surface area contributed by atoms with Crippen LogP contribution < -0.4 is 5.69 Å². The Bertz CT molecular complexity index is 973. The van der Waals surface area contributed by atoms with Crippen molar-refractivity contribution >= 4 is 5.78 Å². The zero-order chi connectivity index (χ0) is 17.2. The van der Waals surface area contributed by atoms with Crippen molar-refractivity contribution in [3.63, 3.8) is 0 Å². The maximum absolute atomic E-state index is 12.6. The van der Waals surface area contributed by atoms with Gasteiger partial charge in [0, 0.05) is 5.56 Å². The van der Waals surface area contributed by atoms with E-state index >= 15 is 0 Å².